The molecule has 0 radical (unpaired) electrons. The Balaban J connectivity index is 1.12. The van der Waals surface area contributed by atoms with Crippen LogP contribution in [0.25, 0.3) is 10.9 Å². The number of aromatic nitrogens is 1. The van der Waals surface area contributed by atoms with Crippen molar-refractivity contribution in [3.05, 3.63) is 108 Å². The monoisotopic (exact) mass is 789 g/mol. The van der Waals surface area contributed by atoms with Gasteiger partial charge in [0.15, 0.2) is 0 Å². The van der Waals surface area contributed by atoms with Crippen LogP contribution in [0.3, 0.4) is 0 Å². The summed E-state index contributed by atoms with van der Waals surface area (Å²) in [5.41, 5.74) is 3.31. The number of carbonyl (C=O) groups excluding carboxylic acids is 5. The summed E-state index contributed by atoms with van der Waals surface area (Å²) in [7, 11) is 0. The summed E-state index contributed by atoms with van der Waals surface area (Å²) in [4.78, 5) is 88.7. The van der Waals surface area contributed by atoms with Gasteiger partial charge in [0.05, 0.1) is 6.04 Å². The molecule has 0 saturated carbocycles. The van der Waals surface area contributed by atoms with Crippen molar-refractivity contribution in [3.63, 3.8) is 0 Å². The number of fused-ring (bicyclic) bond motifs is 1. The van der Waals surface area contributed by atoms with Gasteiger partial charge in [0.2, 0.25) is 29.5 Å². The number of aliphatic carboxylic acids is 1. The lowest BCUT2D eigenvalue weighted by Gasteiger charge is -2.32. The van der Waals surface area contributed by atoms with Gasteiger partial charge < -0.3 is 41.2 Å². The van der Waals surface area contributed by atoms with Crippen LogP contribution >= 0.6 is 0 Å². The number of nitrogens with zero attached hydrogens (tertiary/aromatic N) is 2. The molecule has 304 valence electrons. The molecular weight excluding hydrogens is 739 g/mol. The molecule has 14 nitrogen and oxygen atoms in total. The fourth-order valence-electron chi connectivity index (χ4n) is 8.54. The molecule has 5 amide bonds. The number of hydrogen-bond donors (Lipinski definition) is 6. The van der Waals surface area contributed by atoms with E-state index in [4.69, 9.17) is 0 Å². The molecule has 7 rings (SSSR count). The fraction of sp³-hybridized carbons (Fsp3) is 0.409. The first-order valence-corrected chi connectivity index (χ1v) is 20.3. The van der Waals surface area contributed by atoms with Gasteiger partial charge in [0.1, 0.15) is 30.2 Å². The van der Waals surface area contributed by atoms with E-state index in [0.29, 0.717) is 38.6 Å². The minimum absolute atomic E-state index is 0.134. The van der Waals surface area contributed by atoms with Crippen molar-refractivity contribution in [3.8, 4) is 0 Å². The molecule has 3 fully saturated rings. The van der Waals surface area contributed by atoms with E-state index in [9.17, 15) is 33.9 Å². The number of benzene rings is 3. The first-order valence-electron chi connectivity index (χ1n) is 20.3. The predicted octanol–water partition coefficient (Wildman–Crippen LogP) is 2.47. The summed E-state index contributed by atoms with van der Waals surface area (Å²) < 4.78 is 0. The van der Waals surface area contributed by atoms with Gasteiger partial charge in [0.25, 0.3) is 0 Å². The predicted molar refractivity (Wildman–Crippen MR) is 216 cm³/mol. The lowest BCUT2D eigenvalue weighted by Crippen LogP contribution is -2.59. The van der Waals surface area contributed by atoms with E-state index in [1.54, 1.807) is 0 Å². The Bertz CT molecular complexity index is 2100. The third-order valence-electron chi connectivity index (χ3n) is 11.6. The van der Waals surface area contributed by atoms with Crippen LogP contribution in [0.2, 0.25) is 0 Å². The average molecular weight is 790 g/mol. The van der Waals surface area contributed by atoms with Crippen molar-refractivity contribution in [2.24, 2.45) is 0 Å². The van der Waals surface area contributed by atoms with Crippen LogP contribution in [-0.2, 0) is 48.0 Å². The van der Waals surface area contributed by atoms with E-state index < -0.39 is 65.8 Å². The first-order chi connectivity index (χ1) is 28.2. The maximum atomic E-state index is 14.7. The molecule has 3 aliphatic rings. The molecule has 1 aromatic heterocycles. The van der Waals surface area contributed by atoms with Gasteiger partial charge in [-0.2, -0.15) is 0 Å². The lowest BCUT2D eigenvalue weighted by molar-refractivity contribution is -0.149. The molecule has 4 heterocycles. The van der Waals surface area contributed by atoms with Crippen molar-refractivity contribution < 1.29 is 33.9 Å². The minimum Gasteiger partial charge on any atom is -0.480 e. The van der Waals surface area contributed by atoms with Gasteiger partial charge in [-0.15, -0.1) is 0 Å². The molecular formula is C44H51N7O7. The highest BCUT2D eigenvalue weighted by molar-refractivity contribution is 5.97. The number of amides is 5. The molecule has 58 heavy (non-hydrogen) atoms. The molecule has 0 aliphatic carbocycles. The largest absolute Gasteiger partial charge is 0.480 e. The Morgan fingerprint density at radius 2 is 1.21 bits per heavy atom. The van der Waals surface area contributed by atoms with Gasteiger partial charge in [-0.1, -0.05) is 78.9 Å². The molecule has 3 aliphatic heterocycles. The van der Waals surface area contributed by atoms with E-state index in [2.05, 4.69) is 26.3 Å². The number of hydrogen-bond acceptors (Lipinski definition) is 7. The summed E-state index contributed by atoms with van der Waals surface area (Å²) in [5, 5.41) is 22.8. The van der Waals surface area contributed by atoms with E-state index in [0.717, 1.165) is 34.0 Å². The zero-order valence-corrected chi connectivity index (χ0v) is 32.4. The second kappa shape index (κ2) is 18.5. The Kier molecular flexibility index (Phi) is 12.8. The third-order valence-corrected chi connectivity index (χ3v) is 11.6. The average Bonchev–Trinajstić information content (AvgIpc) is 4.08. The molecule has 6 atom stereocenters. The normalized spacial score (nSPS) is 20.7. The Hall–Kier alpha value is -6.02. The zero-order chi connectivity index (χ0) is 40.6. The number of para-hydroxylation sites is 1. The fourth-order valence-corrected chi connectivity index (χ4v) is 8.54. The first kappa shape index (κ1) is 40.2. The number of aromatic amines is 1. The van der Waals surface area contributed by atoms with Gasteiger partial charge in [-0.05, 0) is 67.8 Å². The standard InChI is InChI=1S/C44H51N7O7/c52-39(33-18-9-21-45-33)47-34(26-30-27-46-32-17-8-7-16-31(30)32)40(53)48-35(24-28-12-3-1-4-13-28)42(55)50-22-10-19-37(50)41(54)49-36(25-29-14-5-2-6-15-29)43(56)51-23-11-20-38(51)44(57)58/h1-8,12-17,27,33-38,45-46H,9-11,18-26H2,(H,47,52)(H,48,53)(H,49,54)(H,57,58)/t33-,34+,35+,36+,37-,38-/m0/s1. The van der Waals surface area contributed by atoms with Crippen molar-refractivity contribution in [2.45, 2.75) is 94.0 Å². The molecule has 6 N–H and O–H groups in total. The van der Waals surface area contributed by atoms with Crippen LogP contribution in [0.5, 0.6) is 0 Å². The molecule has 0 bridgehead atoms. The van der Waals surface area contributed by atoms with Crippen LogP contribution in [0.1, 0.15) is 55.2 Å². The maximum Gasteiger partial charge on any atom is 0.326 e. The Morgan fingerprint density at radius 3 is 1.83 bits per heavy atom. The SMILES string of the molecule is O=C(N[C@H](Cc1c[nH]c2ccccc12)C(=O)N[C@H](Cc1ccccc1)C(=O)N1CCC[C@H]1C(=O)N[C@H](Cc1ccccc1)C(=O)N1CCC[C@H]1C(=O)O)[C@@H]1CCCN1. The lowest BCUT2D eigenvalue weighted by atomic mass is 10.0. The summed E-state index contributed by atoms with van der Waals surface area (Å²) in [6.07, 6.45) is 5.50. The number of carboxylic acids is 1. The Morgan fingerprint density at radius 1 is 0.638 bits per heavy atom. The van der Waals surface area contributed by atoms with E-state index >= 15 is 0 Å². The third kappa shape index (κ3) is 9.39. The highest BCUT2D eigenvalue weighted by Crippen LogP contribution is 2.24. The molecule has 4 aromatic rings. The number of carboxylic acid groups (broad SMARTS) is 1. The van der Waals surface area contributed by atoms with Crippen LogP contribution in [0.4, 0.5) is 0 Å². The van der Waals surface area contributed by atoms with Gasteiger partial charge in [-0.3, -0.25) is 24.0 Å². The second-order valence-corrected chi connectivity index (χ2v) is 15.5. The summed E-state index contributed by atoms with van der Waals surface area (Å²) in [6.45, 7) is 1.23. The number of H-pyrrole nitrogens is 1. The number of carbonyl (C=O) groups is 6. The van der Waals surface area contributed by atoms with Crippen LogP contribution in [0.15, 0.2) is 91.1 Å². The molecule has 3 saturated heterocycles. The van der Waals surface area contributed by atoms with Gasteiger partial charge in [0, 0.05) is 49.5 Å². The Labute approximate surface area is 337 Å². The number of nitrogens with one attached hydrogen (secondary N) is 5. The highest BCUT2D eigenvalue weighted by Gasteiger charge is 2.42. The minimum atomic E-state index is -1.09. The zero-order valence-electron chi connectivity index (χ0n) is 32.4. The molecule has 0 spiro atoms. The van der Waals surface area contributed by atoms with E-state index in [1.807, 2.05) is 91.1 Å². The van der Waals surface area contributed by atoms with Crippen LogP contribution < -0.4 is 21.3 Å². The molecule has 0 unspecified atom stereocenters. The molecule has 14 heteroatoms. The molecule has 3 aromatic carbocycles. The van der Waals surface area contributed by atoms with E-state index in [-0.39, 0.29) is 38.3 Å². The number of rotatable bonds is 15. The van der Waals surface area contributed by atoms with Crippen molar-refractivity contribution in [1.29, 1.82) is 0 Å². The second-order valence-electron chi connectivity index (χ2n) is 15.5. The maximum absolute atomic E-state index is 14.7. The smallest absolute Gasteiger partial charge is 0.326 e. The van der Waals surface area contributed by atoms with Crippen LogP contribution in [0, 0.1) is 0 Å². The van der Waals surface area contributed by atoms with Crippen molar-refractivity contribution in [1.82, 2.24) is 36.1 Å². The summed E-state index contributed by atoms with van der Waals surface area (Å²) in [5.74, 6) is -3.37. The van der Waals surface area contributed by atoms with Crippen LogP contribution in [-0.4, -0.2) is 111 Å². The van der Waals surface area contributed by atoms with Crippen molar-refractivity contribution in [2.75, 3.05) is 19.6 Å². The topological polar surface area (TPSA) is 193 Å². The van der Waals surface area contributed by atoms with Gasteiger partial charge >= 0.3 is 5.97 Å². The van der Waals surface area contributed by atoms with E-state index in [1.165, 1.54) is 9.80 Å². The summed E-state index contributed by atoms with van der Waals surface area (Å²) in [6, 6.07) is 20.7. The summed E-state index contributed by atoms with van der Waals surface area (Å²) >= 11 is 0. The number of likely N-dealkylation sites (tertiary alicyclic amines) is 2. The highest BCUT2D eigenvalue weighted by atomic mass is 16.4. The van der Waals surface area contributed by atoms with Crippen molar-refractivity contribution >= 4 is 46.4 Å². The van der Waals surface area contributed by atoms with Gasteiger partial charge in [-0.25, -0.2) is 4.79 Å². The quantitative estimate of drug-likeness (QED) is 0.106.